The van der Waals surface area contributed by atoms with Gasteiger partial charge in [0.2, 0.25) is 0 Å². The van der Waals surface area contributed by atoms with Crippen LogP contribution in [0.3, 0.4) is 0 Å². The van der Waals surface area contributed by atoms with Crippen LogP contribution in [-0.4, -0.2) is 23.1 Å². The molecule has 1 aromatic rings. The van der Waals surface area contributed by atoms with Gasteiger partial charge in [-0.3, -0.25) is 4.79 Å². The number of Topliss-reactive ketones (excluding diaryl/α,β-unsaturated/α-hetero) is 1. The summed E-state index contributed by atoms with van der Waals surface area (Å²) in [5.41, 5.74) is 0.790. The van der Waals surface area contributed by atoms with Crippen LogP contribution >= 0.6 is 11.6 Å². The summed E-state index contributed by atoms with van der Waals surface area (Å²) in [6.45, 7) is 0. The molecular weight excluding hydrogens is 252 g/mol. The van der Waals surface area contributed by atoms with Crippen molar-refractivity contribution in [2.45, 2.75) is 11.5 Å². The molecule has 0 spiro atoms. The maximum atomic E-state index is 12.2. The van der Waals surface area contributed by atoms with Crippen molar-refractivity contribution in [2.75, 3.05) is 7.11 Å². The zero-order chi connectivity index (χ0) is 13.2. The second-order valence-electron chi connectivity index (χ2n) is 4.06. The summed E-state index contributed by atoms with van der Waals surface area (Å²) < 4.78 is 5.06. The number of carbonyl (C=O) groups is 1. The number of rotatable bonds is 3. The number of halogens is 1. The van der Waals surface area contributed by atoms with E-state index in [1.165, 1.54) is 13.2 Å². The molecule has 0 radical (unpaired) electrons. The quantitative estimate of drug-likeness (QED) is 0.673. The Labute approximate surface area is 110 Å². The van der Waals surface area contributed by atoms with Gasteiger partial charge in [0.1, 0.15) is 5.76 Å². The number of allylic oxidation sites excluding steroid dienone is 2. The fraction of sp³-hybridized carbons (Fsp3) is 0.214. The Morgan fingerprint density at radius 1 is 1.39 bits per heavy atom. The first-order chi connectivity index (χ1) is 8.56. The van der Waals surface area contributed by atoms with Crippen molar-refractivity contribution in [1.82, 2.24) is 0 Å². The lowest BCUT2D eigenvalue weighted by Gasteiger charge is -2.25. The highest BCUT2D eigenvalue weighted by atomic mass is 35.5. The van der Waals surface area contributed by atoms with E-state index in [-0.39, 0.29) is 23.5 Å². The number of alkyl halides is 1. The molecule has 2 rings (SSSR count). The van der Waals surface area contributed by atoms with Crippen LogP contribution in [-0.2, 0) is 4.74 Å². The summed E-state index contributed by atoms with van der Waals surface area (Å²) in [7, 11) is 1.45. The molecule has 0 fully saturated rings. The third-order valence-electron chi connectivity index (χ3n) is 2.84. The third-order valence-corrected chi connectivity index (χ3v) is 3.25. The molecule has 1 aliphatic rings. The average Bonchev–Trinajstić information content (AvgIpc) is 2.39. The Balaban J connectivity index is 2.29. The van der Waals surface area contributed by atoms with Crippen LogP contribution in [0.25, 0.3) is 0 Å². The SMILES string of the molecule is COC1(Cl)C=CC(C(=O)c2ccccc2)=C(O)C1. The van der Waals surface area contributed by atoms with Gasteiger partial charge < -0.3 is 9.84 Å². The van der Waals surface area contributed by atoms with E-state index in [0.717, 1.165) is 0 Å². The molecule has 3 nitrogen and oxygen atoms in total. The lowest BCUT2D eigenvalue weighted by Crippen LogP contribution is -2.26. The number of ketones is 1. The van der Waals surface area contributed by atoms with Gasteiger partial charge in [-0.15, -0.1) is 0 Å². The van der Waals surface area contributed by atoms with Crippen LogP contribution in [0.1, 0.15) is 16.8 Å². The first-order valence-corrected chi connectivity index (χ1v) is 5.89. The first-order valence-electron chi connectivity index (χ1n) is 5.51. The molecule has 0 saturated heterocycles. The van der Waals surface area contributed by atoms with Crippen LogP contribution in [0.5, 0.6) is 0 Å². The molecule has 1 unspecified atom stereocenters. The van der Waals surface area contributed by atoms with Crippen molar-refractivity contribution in [3.63, 3.8) is 0 Å². The highest BCUT2D eigenvalue weighted by molar-refractivity contribution is 6.25. The van der Waals surface area contributed by atoms with Crippen molar-refractivity contribution in [1.29, 1.82) is 0 Å². The molecule has 18 heavy (non-hydrogen) atoms. The summed E-state index contributed by atoms with van der Waals surface area (Å²) >= 11 is 6.06. The van der Waals surface area contributed by atoms with E-state index in [9.17, 15) is 9.90 Å². The van der Waals surface area contributed by atoms with E-state index in [4.69, 9.17) is 16.3 Å². The Hall–Kier alpha value is -1.58. The number of aliphatic hydroxyl groups is 1. The number of aliphatic hydroxyl groups excluding tert-OH is 1. The topological polar surface area (TPSA) is 46.5 Å². The molecule has 0 amide bonds. The van der Waals surface area contributed by atoms with Gasteiger partial charge in [-0.1, -0.05) is 41.9 Å². The van der Waals surface area contributed by atoms with Crippen molar-refractivity contribution >= 4 is 17.4 Å². The third kappa shape index (κ3) is 2.47. The molecule has 1 aliphatic carbocycles. The predicted molar refractivity (Wildman–Crippen MR) is 69.8 cm³/mol. The first kappa shape index (κ1) is 12.9. The fourth-order valence-corrected chi connectivity index (χ4v) is 1.97. The van der Waals surface area contributed by atoms with Crippen LogP contribution < -0.4 is 0 Å². The van der Waals surface area contributed by atoms with Gasteiger partial charge in [-0.2, -0.15) is 0 Å². The van der Waals surface area contributed by atoms with Crippen molar-refractivity contribution in [2.24, 2.45) is 0 Å². The van der Waals surface area contributed by atoms with Crippen molar-refractivity contribution in [3.05, 3.63) is 59.4 Å². The Bertz CT molecular complexity index is 519. The molecule has 0 heterocycles. The van der Waals surface area contributed by atoms with Crippen LogP contribution in [0.15, 0.2) is 53.8 Å². The minimum absolute atomic E-state index is 0.0526. The Morgan fingerprint density at radius 3 is 2.61 bits per heavy atom. The van der Waals surface area contributed by atoms with Crippen LogP contribution in [0, 0.1) is 0 Å². The normalized spacial score (nSPS) is 23.2. The molecule has 1 N–H and O–H groups in total. The average molecular weight is 265 g/mol. The maximum absolute atomic E-state index is 12.2. The van der Waals surface area contributed by atoms with E-state index in [1.54, 1.807) is 30.3 Å². The van der Waals surface area contributed by atoms with E-state index in [0.29, 0.717) is 5.56 Å². The van der Waals surface area contributed by atoms with Gasteiger partial charge in [-0.25, -0.2) is 0 Å². The van der Waals surface area contributed by atoms with E-state index >= 15 is 0 Å². The van der Waals surface area contributed by atoms with Crippen molar-refractivity contribution < 1.29 is 14.6 Å². The number of ether oxygens (including phenoxy) is 1. The monoisotopic (exact) mass is 264 g/mol. The smallest absolute Gasteiger partial charge is 0.196 e. The van der Waals surface area contributed by atoms with Crippen LogP contribution in [0.2, 0.25) is 0 Å². The maximum Gasteiger partial charge on any atom is 0.196 e. The number of hydrogen-bond donors (Lipinski definition) is 1. The summed E-state index contributed by atoms with van der Waals surface area (Å²) in [4.78, 5) is 12.2. The van der Waals surface area contributed by atoms with E-state index in [2.05, 4.69) is 0 Å². The highest BCUT2D eigenvalue weighted by Gasteiger charge is 2.31. The van der Waals surface area contributed by atoms with E-state index in [1.807, 2.05) is 6.07 Å². The second kappa shape index (κ2) is 4.96. The Morgan fingerprint density at radius 2 is 2.06 bits per heavy atom. The Kier molecular flexibility index (Phi) is 3.55. The standard InChI is InChI=1S/C14H13ClO3/c1-18-14(15)8-7-11(12(16)9-14)13(17)10-5-3-2-4-6-10/h2-8,16H,9H2,1H3. The summed E-state index contributed by atoms with van der Waals surface area (Å²) in [5, 5.41) is 8.85. The minimum atomic E-state index is -1.06. The van der Waals surface area contributed by atoms with Gasteiger partial charge in [0.25, 0.3) is 0 Å². The molecule has 0 saturated carbocycles. The fourth-order valence-electron chi connectivity index (χ4n) is 1.78. The zero-order valence-corrected chi connectivity index (χ0v) is 10.6. The second-order valence-corrected chi connectivity index (χ2v) is 4.70. The highest BCUT2D eigenvalue weighted by Crippen LogP contribution is 2.32. The lowest BCUT2D eigenvalue weighted by atomic mass is 9.95. The zero-order valence-electron chi connectivity index (χ0n) is 9.89. The van der Waals surface area contributed by atoms with Gasteiger partial charge >= 0.3 is 0 Å². The number of benzene rings is 1. The summed E-state index contributed by atoms with van der Waals surface area (Å²) in [6, 6.07) is 8.79. The number of methoxy groups -OCH3 is 1. The molecule has 0 bridgehead atoms. The molecule has 0 aromatic heterocycles. The molecule has 1 atom stereocenters. The summed E-state index contributed by atoms with van der Waals surface area (Å²) in [6.07, 6.45) is 3.16. The van der Waals surface area contributed by atoms with Crippen molar-refractivity contribution in [3.8, 4) is 0 Å². The minimum Gasteiger partial charge on any atom is -0.511 e. The summed E-state index contributed by atoms with van der Waals surface area (Å²) in [5.74, 6) is -0.276. The molecule has 1 aromatic carbocycles. The van der Waals surface area contributed by atoms with Gasteiger partial charge in [-0.05, 0) is 12.2 Å². The van der Waals surface area contributed by atoms with E-state index < -0.39 is 5.06 Å². The predicted octanol–water partition coefficient (Wildman–Crippen LogP) is 3.22. The molecule has 4 heteroatoms. The molecule has 0 aliphatic heterocycles. The molecular formula is C14H13ClO3. The van der Waals surface area contributed by atoms with Gasteiger partial charge in [0, 0.05) is 12.7 Å². The lowest BCUT2D eigenvalue weighted by molar-refractivity contribution is 0.0897. The molecule has 94 valence electrons. The van der Waals surface area contributed by atoms with Crippen LogP contribution in [0.4, 0.5) is 0 Å². The number of carbonyl (C=O) groups excluding carboxylic acids is 1. The number of hydrogen-bond acceptors (Lipinski definition) is 3. The van der Waals surface area contributed by atoms with Gasteiger partial charge in [0.15, 0.2) is 10.8 Å². The largest absolute Gasteiger partial charge is 0.511 e. The van der Waals surface area contributed by atoms with Gasteiger partial charge in [0.05, 0.1) is 12.0 Å².